The Hall–Kier alpha value is -3.65. The van der Waals surface area contributed by atoms with E-state index in [4.69, 9.17) is 4.42 Å². The number of H-pyrrole nitrogens is 1. The van der Waals surface area contributed by atoms with Crippen molar-refractivity contribution in [1.29, 1.82) is 0 Å². The Morgan fingerprint density at radius 1 is 1.07 bits per heavy atom. The van der Waals surface area contributed by atoms with Crippen LogP contribution in [0.5, 0.6) is 0 Å². The molecular weight excluding hydrogens is 448 g/mol. The number of amides is 2. The molecule has 0 saturated carbocycles. The van der Waals surface area contributed by atoms with Gasteiger partial charge < -0.3 is 19.6 Å². The molecule has 0 saturated heterocycles. The van der Waals surface area contributed by atoms with E-state index in [9.17, 15) is 9.59 Å². The zero-order valence-electron chi connectivity index (χ0n) is 15.9. The zero-order chi connectivity index (χ0) is 21.1. The van der Waals surface area contributed by atoms with Crippen molar-refractivity contribution in [2.24, 2.45) is 0 Å². The number of aromatic amines is 1. The van der Waals surface area contributed by atoms with Crippen molar-refractivity contribution in [3.05, 3.63) is 89.1 Å². The molecule has 2 aromatic heterocycles. The second-order valence-electron chi connectivity index (χ2n) is 6.45. The fourth-order valence-electron chi connectivity index (χ4n) is 3.00. The van der Waals surface area contributed by atoms with E-state index in [1.54, 1.807) is 68.0 Å². The van der Waals surface area contributed by atoms with E-state index in [0.717, 1.165) is 11.4 Å². The maximum Gasteiger partial charge on any atom is 0.293 e. The standard InChI is InChI=1S/C22H17BrN4O3/c1-27(22(29)18-10-11-19(23)30-18)17-5-3-2-4-16(17)21(28)26-15-8-6-14(7-9-15)20-24-12-13-25-20/h2-13H,1H3,(H,24,25)(H,26,28). The van der Waals surface area contributed by atoms with Crippen molar-refractivity contribution in [2.45, 2.75) is 0 Å². The van der Waals surface area contributed by atoms with Gasteiger partial charge in [-0.25, -0.2) is 4.98 Å². The van der Waals surface area contributed by atoms with E-state index in [2.05, 4.69) is 31.2 Å². The van der Waals surface area contributed by atoms with Crippen LogP contribution in [0.2, 0.25) is 0 Å². The highest BCUT2D eigenvalue weighted by atomic mass is 79.9. The average molecular weight is 465 g/mol. The van der Waals surface area contributed by atoms with E-state index >= 15 is 0 Å². The number of imidazole rings is 1. The Morgan fingerprint density at radius 3 is 2.50 bits per heavy atom. The topological polar surface area (TPSA) is 91.2 Å². The second kappa shape index (κ2) is 8.38. The number of nitrogens with zero attached hydrogens (tertiary/aromatic N) is 2. The molecule has 2 aromatic carbocycles. The third-order valence-corrected chi connectivity index (χ3v) is 4.94. The quantitative estimate of drug-likeness (QED) is 0.436. The Labute approximate surface area is 180 Å². The summed E-state index contributed by atoms with van der Waals surface area (Å²) in [5, 5.41) is 2.87. The molecule has 0 fully saturated rings. The highest BCUT2D eigenvalue weighted by molar-refractivity contribution is 9.10. The number of nitrogens with one attached hydrogen (secondary N) is 2. The largest absolute Gasteiger partial charge is 0.444 e. The fraction of sp³-hybridized carbons (Fsp3) is 0.0455. The van der Waals surface area contributed by atoms with Crippen LogP contribution in [0.3, 0.4) is 0 Å². The van der Waals surface area contributed by atoms with Gasteiger partial charge in [0.25, 0.3) is 11.8 Å². The predicted octanol–water partition coefficient (Wildman–Crippen LogP) is 4.96. The van der Waals surface area contributed by atoms with Gasteiger partial charge in [-0.3, -0.25) is 9.59 Å². The van der Waals surface area contributed by atoms with Crippen LogP contribution >= 0.6 is 15.9 Å². The zero-order valence-corrected chi connectivity index (χ0v) is 17.5. The Morgan fingerprint density at radius 2 is 1.83 bits per heavy atom. The molecule has 2 amide bonds. The Bertz CT molecular complexity index is 1180. The predicted molar refractivity (Wildman–Crippen MR) is 118 cm³/mol. The summed E-state index contributed by atoms with van der Waals surface area (Å²) in [6.07, 6.45) is 3.43. The first kappa shape index (κ1) is 19.7. The van der Waals surface area contributed by atoms with Gasteiger partial charge in [0.2, 0.25) is 0 Å². The molecule has 0 aliphatic carbocycles. The first-order chi connectivity index (χ1) is 14.5. The summed E-state index contributed by atoms with van der Waals surface area (Å²) in [6, 6.07) is 17.5. The molecule has 0 spiro atoms. The lowest BCUT2D eigenvalue weighted by Gasteiger charge is -2.19. The second-order valence-corrected chi connectivity index (χ2v) is 7.24. The van der Waals surface area contributed by atoms with Crippen LogP contribution in [0.25, 0.3) is 11.4 Å². The lowest BCUT2D eigenvalue weighted by Crippen LogP contribution is -2.28. The number of halogens is 1. The number of hydrogen-bond donors (Lipinski definition) is 2. The maximum atomic E-state index is 12.9. The highest BCUT2D eigenvalue weighted by Crippen LogP contribution is 2.24. The molecule has 150 valence electrons. The van der Waals surface area contributed by atoms with Crippen LogP contribution < -0.4 is 10.2 Å². The van der Waals surface area contributed by atoms with Crippen LogP contribution in [0.4, 0.5) is 11.4 Å². The molecule has 4 rings (SSSR count). The molecule has 0 radical (unpaired) electrons. The molecule has 0 unspecified atom stereocenters. The number of anilines is 2. The van der Waals surface area contributed by atoms with Gasteiger partial charge in [0, 0.05) is 30.7 Å². The summed E-state index contributed by atoms with van der Waals surface area (Å²) in [6.45, 7) is 0. The normalized spacial score (nSPS) is 10.6. The molecule has 2 N–H and O–H groups in total. The van der Waals surface area contributed by atoms with E-state index in [1.165, 1.54) is 4.90 Å². The lowest BCUT2D eigenvalue weighted by molar-refractivity contribution is 0.0965. The number of carbonyl (C=O) groups is 2. The summed E-state index contributed by atoms with van der Waals surface area (Å²) in [5.41, 5.74) is 2.39. The van der Waals surface area contributed by atoms with Gasteiger partial charge in [0.15, 0.2) is 10.4 Å². The van der Waals surface area contributed by atoms with Gasteiger partial charge in [0.1, 0.15) is 5.82 Å². The van der Waals surface area contributed by atoms with Gasteiger partial charge >= 0.3 is 0 Å². The van der Waals surface area contributed by atoms with Gasteiger partial charge in [-0.2, -0.15) is 0 Å². The summed E-state index contributed by atoms with van der Waals surface area (Å²) >= 11 is 3.19. The van der Waals surface area contributed by atoms with Crippen molar-refractivity contribution in [2.75, 3.05) is 17.3 Å². The minimum atomic E-state index is -0.358. The number of aromatic nitrogens is 2. The molecule has 7 nitrogen and oxygen atoms in total. The molecule has 0 aliphatic heterocycles. The van der Waals surface area contributed by atoms with Gasteiger partial charge in [-0.15, -0.1) is 0 Å². The smallest absolute Gasteiger partial charge is 0.293 e. The lowest BCUT2D eigenvalue weighted by atomic mass is 10.1. The van der Waals surface area contributed by atoms with Crippen molar-refractivity contribution < 1.29 is 14.0 Å². The average Bonchev–Trinajstić information content (AvgIpc) is 3.45. The van der Waals surface area contributed by atoms with Crippen molar-refractivity contribution in [3.63, 3.8) is 0 Å². The fourth-order valence-corrected chi connectivity index (χ4v) is 3.30. The Balaban J connectivity index is 1.54. The molecule has 0 bridgehead atoms. The molecule has 2 heterocycles. The Kier molecular flexibility index (Phi) is 5.49. The van der Waals surface area contributed by atoms with Crippen LogP contribution in [0.15, 0.2) is 82.1 Å². The van der Waals surface area contributed by atoms with Crippen molar-refractivity contribution in [3.8, 4) is 11.4 Å². The summed E-state index contributed by atoms with van der Waals surface area (Å²) in [5.74, 6) is 0.247. The third kappa shape index (κ3) is 4.04. The van der Waals surface area contributed by atoms with Crippen molar-refractivity contribution in [1.82, 2.24) is 9.97 Å². The molecule has 0 atom stereocenters. The van der Waals surface area contributed by atoms with E-state index < -0.39 is 0 Å². The third-order valence-electron chi connectivity index (χ3n) is 4.51. The minimum Gasteiger partial charge on any atom is -0.444 e. The van der Waals surface area contributed by atoms with E-state index in [0.29, 0.717) is 21.6 Å². The number of benzene rings is 2. The summed E-state index contributed by atoms with van der Waals surface area (Å²) in [4.78, 5) is 34.3. The summed E-state index contributed by atoms with van der Waals surface area (Å²) < 4.78 is 5.80. The molecule has 30 heavy (non-hydrogen) atoms. The molecule has 4 aromatic rings. The monoisotopic (exact) mass is 464 g/mol. The van der Waals surface area contributed by atoms with Crippen LogP contribution in [0, 0.1) is 0 Å². The summed E-state index contributed by atoms with van der Waals surface area (Å²) in [7, 11) is 1.60. The van der Waals surface area contributed by atoms with Crippen LogP contribution in [-0.4, -0.2) is 28.8 Å². The molecule has 0 aliphatic rings. The number of rotatable bonds is 5. The number of carbonyl (C=O) groups excluding carboxylic acids is 2. The molecule has 8 heteroatoms. The SMILES string of the molecule is CN(C(=O)c1ccc(Br)o1)c1ccccc1C(=O)Nc1ccc(-c2ncc[nH]2)cc1. The van der Waals surface area contributed by atoms with Gasteiger partial charge in [-0.05, 0) is 64.5 Å². The van der Waals surface area contributed by atoms with Gasteiger partial charge in [-0.1, -0.05) is 12.1 Å². The first-order valence-electron chi connectivity index (χ1n) is 9.06. The number of furan rings is 1. The highest BCUT2D eigenvalue weighted by Gasteiger charge is 2.22. The maximum absolute atomic E-state index is 12.9. The van der Waals surface area contributed by atoms with E-state index in [1.807, 2.05) is 12.1 Å². The van der Waals surface area contributed by atoms with Crippen LogP contribution in [-0.2, 0) is 0 Å². The number of hydrogen-bond acceptors (Lipinski definition) is 4. The van der Waals surface area contributed by atoms with Gasteiger partial charge in [0.05, 0.1) is 11.3 Å². The minimum absolute atomic E-state index is 0.174. The number of para-hydroxylation sites is 1. The molecular formula is C22H17BrN4O3. The first-order valence-corrected chi connectivity index (χ1v) is 9.86. The van der Waals surface area contributed by atoms with E-state index in [-0.39, 0.29) is 17.6 Å². The van der Waals surface area contributed by atoms with Crippen molar-refractivity contribution >= 4 is 39.1 Å². The van der Waals surface area contributed by atoms with Crippen LogP contribution in [0.1, 0.15) is 20.9 Å².